The second-order valence-corrected chi connectivity index (χ2v) is 8.22. The largest absolute Gasteiger partial charge is 0.573 e. The van der Waals surface area contributed by atoms with Crippen LogP contribution in [0.3, 0.4) is 0 Å². The van der Waals surface area contributed by atoms with Gasteiger partial charge in [-0.25, -0.2) is 4.98 Å². The van der Waals surface area contributed by atoms with Crippen LogP contribution in [0.2, 0.25) is 0 Å². The lowest BCUT2D eigenvalue weighted by molar-refractivity contribution is -0.274. The van der Waals surface area contributed by atoms with Gasteiger partial charge in [-0.2, -0.15) is 0 Å². The Morgan fingerprint density at radius 1 is 1.12 bits per heavy atom. The minimum atomic E-state index is -4.78. The van der Waals surface area contributed by atoms with Gasteiger partial charge in [0.25, 0.3) is 11.8 Å². The second kappa shape index (κ2) is 12.5. The third-order valence-electron chi connectivity index (χ3n) is 4.69. The first-order chi connectivity index (χ1) is 16.3. The third-order valence-corrected chi connectivity index (χ3v) is 5.54. The van der Waals surface area contributed by atoms with Crippen LogP contribution >= 0.6 is 11.3 Å². The number of hydrogen-bond donors (Lipinski definition) is 2. The maximum absolute atomic E-state index is 12.2. The van der Waals surface area contributed by atoms with Gasteiger partial charge in [0.2, 0.25) is 0 Å². The van der Waals surface area contributed by atoms with Crippen molar-refractivity contribution in [1.82, 2.24) is 20.5 Å². The number of hydrogen-bond acceptors (Lipinski definition) is 8. The molecule has 1 aromatic carbocycles. The number of carbonyl (C=O) groups excluding carboxylic acids is 2. The first kappa shape index (κ1) is 25.7. The molecule has 2 aromatic rings. The average Bonchev–Trinajstić information content (AvgIpc) is 3.29. The summed E-state index contributed by atoms with van der Waals surface area (Å²) in [4.78, 5) is 30.7. The van der Waals surface area contributed by atoms with E-state index in [0.29, 0.717) is 11.6 Å². The van der Waals surface area contributed by atoms with Crippen molar-refractivity contribution in [2.24, 2.45) is 0 Å². The van der Waals surface area contributed by atoms with Crippen LogP contribution in [0.15, 0.2) is 29.6 Å². The molecule has 0 spiro atoms. The van der Waals surface area contributed by atoms with E-state index in [1.807, 2.05) is 0 Å². The van der Waals surface area contributed by atoms with Crippen molar-refractivity contribution in [2.45, 2.75) is 19.3 Å². The molecule has 1 saturated heterocycles. The summed E-state index contributed by atoms with van der Waals surface area (Å²) in [7, 11) is 0. The molecule has 186 valence electrons. The molecule has 2 N–H and O–H groups in total. The summed E-state index contributed by atoms with van der Waals surface area (Å²) in [5.74, 6) is -0.881. The number of benzene rings is 1. The van der Waals surface area contributed by atoms with Crippen molar-refractivity contribution in [1.29, 1.82) is 0 Å². The zero-order chi connectivity index (χ0) is 24.4. The first-order valence-electron chi connectivity index (χ1n) is 10.6. The Labute approximate surface area is 198 Å². The summed E-state index contributed by atoms with van der Waals surface area (Å²) < 4.78 is 50.8. The number of carbonyl (C=O) groups is 2. The molecule has 34 heavy (non-hydrogen) atoms. The van der Waals surface area contributed by atoms with E-state index < -0.39 is 12.3 Å². The van der Waals surface area contributed by atoms with E-state index in [4.69, 9.17) is 9.47 Å². The lowest BCUT2D eigenvalue weighted by atomic mass is 10.3. The fourth-order valence-corrected chi connectivity index (χ4v) is 3.74. The van der Waals surface area contributed by atoms with Gasteiger partial charge in [-0.1, -0.05) is 0 Å². The molecule has 0 radical (unpaired) electrons. The van der Waals surface area contributed by atoms with Crippen molar-refractivity contribution in [2.75, 3.05) is 46.0 Å². The monoisotopic (exact) mass is 502 g/mol. The highest BCUT2D eigenvalue weighted by Crippen LogP contribution is 2.24. The molecule has 1 aliphatic heterocycles. The van der Waals surface area contributed by atoms with Gasteiger partial charge < -0.3 is 24.8 Å². The van der Waals surface area contributed by atoms with Gasteiger partial charge in [-0.3, -0.25) is 14.5 Å². The Morgan fingerprint density at radius 2 is 1.82 bits per heavy atom. The van der Waals surface area contributed by atoms with E-state index in [1.165, 1.54) is 23.5 Å². The number of rotatable bonds is 11. The van der Waals surface area contributed by atoms with E-state index in [0.717, 1.165) is 51.4 Å². The van der Waals surface area contributed by atoms with Crippen LogP contribution in [0, 0.1) is 0 Å². The van der Waals surface area contributed by atoms with Gasteiger partial charge in [0, 0.05) is 25.0 Å². The minimum Gasteiger partial charge on any atom is -0.484 e. The number of alkyl halides is 3. The zero-order valence-electron chi connectivity index (χ0n) is 18.2. The number of amides is 2. The van der Waals surface area contributed by atoms with E-state index in [2.05, 4.69) is 25.3 Å². The van der Waals surface area contributed by atoms with Crippen molar-refractivity contribution in [3.63, 3.8) is 0 Å². The molecule has 0 saturated carbocycles. The topological polar surface area (TPSA) is 102 Å². The van der Waals surface area contributed by atoms with E-state index in [1.54, 1.807) is 5.38 Å². The van der Waals surface area contributed by atoms with Gasteiger partial charge in [-0.15, -0.1) is 24.5 Å². The van der Waals surface area contributed by atoms with E-state index in [9.17, 15) is 22.8 Å². The lowest BCUT2D eigenvalue weighted by Gasteiger charge is -2.26. The highest BCUT2D eigenvalue weighted by atomic mass is 32.1. The quantitative estimate of drug-likeness (QED) is 0.454. The van der Waals surface area contributed by atoms with Crippen LogP contribution < -0.4 is 20.1 Å². The Bertz CT molecular complexity index is 933. The minimum absolute atomic E-state index is 0.121. The molecule has 0 bridgehead atoms. The number of halogens is 3. The molecular formula is C21H25F3N4O5S. The van der Waals surface area contributed by atoms with Crippen molar-refractivity contribution in [3.8, 4) is 11.5 Å². The van der Waals surface area contributed by atoms with Gasteiger partial charge >= 0.3 is 6.36 Å². The molecule has 1 aromatic heterocycles. The number of nitrogens with one attached hydrogen (secondary N) is 2. The number of thiazole rings is 1. The molecule has 2 amide bonds. The van der Waals surface area contributed by atoms with Crippen LogP contribution in [0.25, 0.3) is 0 Å². The molecule has 2 heterocycles. The maximum atomic E-state index is 12.2. The highest BCUT2D eigenvalue weighted by Gasteiger charge is 2.31. The van der Waals surface area contributed by atoms with Crippen molar-refractivity contribution in [3.05, 3.63) is 40.3 Å². The number of nitrogens with zero attached hydrogens (tertiary/aromatic N) is 2. The SMILES string of the molecule is O=C(COc1ccc(OC(F)(F)F)cc1)NCc1nc(C(=O)NCCCN2CCOCC2)cs1. The zero-order valence-corrected chi connectivity index (χ0v) is 19.0. The van der Waals surface area contributed by atoms with Gasteiger partial charge in [0.1, 0.15) is 22.2 Å². The summed E-state index contributed by atoms with van der Waals surface area (Å²) in [6.45, 7) is 4.52. The standard InChI is InChI=1S/C21H25F3N4O5S/c22-21(23,24)33-16-4-2-15(3-5-16)32-13-18(29)26-12-19-27-17(14-34-19)20(30)25-6-1-7-28-8-10-31-11-9-28/h2-5,14H,1,6-13H2,(H,25,30)(H,26,29). The maximum Gasteiger partial charge on any atom is 0.573 e. The van der Waals surface area contributed by atoms with Crippen molar-refractivity contribution < 1.29 is 37.0 Å². The Kier molecular flexibility index (Phi) is 9.48. The number of ether oxygens (including phenoxy) is 3. The summed E-state index contributed by atoms with van der Waals surface area (Å²) in [6, 6.07) is 4.71. The van der Waals surface area contributed by atoms with Gasteiger partial charge in [0.15, 0.2) is 6.61 Å². The van der Waals surface area contributed by atoms with Gasteiger partial charge in [0.05, 0.1) is 19.8 Å². The van der Waals surface area contributed by atoms with Crippen LogP contribution in [0.5, 0.6) is 11.5 Å². The second-order valence-electron chi connectivity index (χ2n) is 7.27. The molecule has 1 aliphatic rings. The van der Waals surface area contributed by atoms with Crippen molar-refractivity contribution >= 4 is 23.2 Å². The van der Waals surface area contributed by atoms with Crippen LogP contribution in [0.4, 0.5) is 13.2 Å². The molecule has 9 nitrogen and oxygen atoms in total. The molecular weight excluding hydrogens is 477 g/mol. The van der Waals surface area contributed by atoms with E-state index in [-0.39, 0.29) is 36.3 Å². The summed E-state index contributed by atoms with van der Waals surface area (Å²) >= 11 is 1.25. The summed E-state index contributed by atoms with van der Waals surface area (Å²) in [5, 5.41) is 7.64. The van der Waals surface area contributed by atoms with Crippen LogP contribution in [-0.4, -0.2) is 74.1 Å². The predicted octanol–water partition coefficient (Wildman–Crippen LogP) is 2.19. The lowest BCUT2D eigenvalue weighted by Crippen LogP contribution is -2.38. The molecule has 0 atom stereocenters. The molecule has 13 heteroatoms. The van der Waals surface area contributed by atoms with Crippen LogP contribution in [0.1, 0.15) is 21.9 Å². The smallest absolute Gasteiger partial charge is 0.484 e. The number of morpholine rings is 1. The van der Waals surface area contributed by atoms with E-state index >= 15 is 0 Å². The van der Waals surface area contributed by atoms with Crippen LogP contribution in [-0.2, 0) is 16.1 Å². The average molecular weight is 503 g/mol. The molecule has 3 rings (SSSR count). The number of aromatic nitrogens is 1. The highest BCUT2D eigenvalue weighted by molar-refractivity contribution is 7.09. The fourth-order valence-electron chi connectivity index (χ4n) is 3.03. The molecule has 0 unspecified atom stereocenters. The summed E-state index contributed by atoms with van der Waals surface area (Å²) in [6.07, 6.45) is -3.95. The fraction of sp³-hybridized carbons (Fsp3) is 0.476. The Balaban J connectivity index is 1.32. The summed E-state index contributed by atoms with van der Waals surface area (Å²) in [5.41, 5.74) is 0.290. The molecule has 0 aliphatic carbocycles. The third kappa shape index (κ3) is 9.15. The van der Waals surface area contributed by atoms with Gasteiger partial charge in [-0.05, 0) is 37.2 Å². The predicted molar refractivity (Wildman–Crippen MR) is 117 cm³/mol. The Hall–Kier alpha value is -2.90. The molecule has 1 fully saturated rings. The first-order valence-corrected chi connectivity index (χ1v) is 11.4. The normalized spacial score (nSPS) is 14.4. The Morgan fingerprint density at radius 3 is 2.53 bits per heavy atom.